The van der Waals surface area contributed by atoms with E-state index in [-0.39, 0.29) is 19.8 Å². The first kappa shape index (κ1) is 23.5. The molecule has 4 rings (SSSR count). The number of rotatable bonds is 6. The Labute approximate surface area is 183 Å². The van der Waals surface area contributed by atoms with Crippen LogP contribution in [-0.2, 0) is 25.6 Å². The molecule has 0 amide bonds. The molecule has 2 aromatic rings. The molecular formula is C21H28O11. The van der Waals surface area contributed by atoms with Gasteiger partial charge < -0.3 is 54.0 Å². The Bertz CT molecular complexity index is 901. The lowest BCUT2D eigenvalue weighted by Gasteiger charge is -2.41. The average Bonchev–Trinajstić information content (AvgIpc) is 3.17. The Morgan fingerprint density at radius 3 is 2.44 bits per heavy atom. The fraction of sp³-hybridized carbons (Fsp3) is 0.619. The molecule has 0 saturated carbocycles. The topological polar surface area (TPSA) is 171 Å². The molecule has 9 atom stereocenters. The zero-order chi connectivity index (χ0) is 23.0. The number of fused-ring (bicyclic) bond motifs is 1. The van der Waals surface area contributed by atoms with Crippen molar-refractivity contribution in [3.63, 3.8) is 0 Å². The number of aliphatic hydroxyl groups excluding tert-OH is 6. The fourth-order valence-corrected chi connectivity index (χ4v) is 3.78. The van der Waals surface area contributed by atoms with Crippen LogP contribution in [0.1, 0.15) is 11.1 Å². The van der Waals surface area contributed by atoms with Crippen LogP contribution >= 0.6 is 0 Å². The summed E-state index contributed by atoms with van der Waals surface area (Å²) in [6.45, 7) is 1.37. The minimum Gasteiger partial charge on any atom is -0.464 e. The van der Waals surface area contributed by atoms with Crippen molar-refractivity contribution in [2.75, 3.05) is 13.2 Å². The molecule has 2 aliphatic rings. The third-order valence-corrected chi connectivity index (χ3v) is 5.76. The second-order valence-electron chi connectivity index (χ2n) is 8.17. The standard InChI is InChI=1S/C21H28O11/c1-9-2-3-11-10(5-28-13(11)4-9)6-29-21-19(27)17(25)16(24)14(32-21)8-31-20-18(26)15(23)12(22)7-30-20/h2-5,12,14-27H,6-8H2,1H3. The Morgan fingerprint density at radius 2 is 1.66 bits per heavy atom. The Kier molecular flexibility index (Phi) is 7.12. The summed E-state index contributed by atoms with van der Waals surface area (Å²) in [6, 6.07) is 5.70. The van der Waals surface area contributed by atoms with Gasteiger partial charge in [0.15, 0.2) is 12.6 Å². The van der Waals surface area contributed by atoms with E-state index in [0.717, 1.165) is 16.5 Å². The van der Waals surface area contributed by atoms with Crippen molar-refractivity contribution in [1.82, 2.24) is 0 Å². The van der Waals surface area contributed by atoms with Crippen molar-refractivity contribution in [2.45, 2.75) is 68.8 Å². The quantitative estimate of drug-likeness (QED) is 0.299. The zero-order valence-electron chi connectivity index (χ0n) is 17.4. The molecule has 2 aliphatic heterocycles. The van der Waals surface area contributed by atoms with E-state index in [9.17, 15) is 30.6 Å². The molecule has 0 aliphatic carbocycles. The summed E-state index contributed by atoms with van der Waals surface area (Å²) in [6.07, 6.45) is -10.9. The van der Waals surface area contributed by atoms with E-state index < -0.39 is 55.3 Å². The Morgan fingerprint density at radius 1 is 0.906 bits per heavy atom. The fourth-order valence-electron chi connectivity index (χ4n) is 3.78. The maximum atomic E-state index is 10.3. The average molecular weight is 456 g/mol. The summed E-state index contributed by atoms with van der Waals surface area (Å²) in [5.41, 5.74) is 2.45. The van der Waals surface area contributed by atoms with Gasteiger partial charge in [-0.1, -0.05) is 12.1 Å². The maximum Gasteiger partial charge on any atom is 0.187 e. The van der Waals surface area contributed by atoms with Gasteiger partial charge in [-0.2, -0.15) is 0 Å². The molecule has 1 aromatic heterocycles. The van der Waals surface area contributed by atoms with E-state index in [2.05, 4.69) is 0 Å². The lowest BCUT2D eigenvalue weighted by atomic mass is 9.99. The number of furan rings is 1. The number of hydrogen-bond acceptors (Lipinski definition) is 11. The molecule has 0 radical (unpaired) electrons. The molecule has 9 unspecified atom stereocenters. The molecule has 0 spiro atoms. The molecule has 11 heteroatoms. The van der Waals surface area contributed by atoms with Gasteiger partial charge in [0.25, 0.3) is 0 Å². The highest BCUT2D eigenvalue weighted by molar-refractivity contribution is 5.81. The number of benzene rings is 1. The van der Waals surface area contributed by atoms with Crippen LogP contribution < -0.4 is 0 Å². The first-order valence-electron chi connectivity index (χ1n) is 10.3. The van der Waals surface area contributed by atoms with Gasteiger partial charge in [0.1, 0.15) is 48.3 Å². The predicted molar refractivity (Wildman–Crippen MR) is 106 cm³/mol. The van der Waals surface area contributed by atoms with Crippen molar-refractivity contribution in [2.24, 2.45) is 0 Å². The van der Waals surface area contributed by atoms with Crippen LogP contribution in [0.2, 0.25) is 0 Å². The monoisotopic (exact) mass is 456 g/mol. The van der Waals surface area contributed by atoms with E-state index in [1.165, 1.54) is 6.26 Å². The van der Waals surface area contributed by atoms with E-state index in [1.807, 2.05) is 25.1 Å². The molecule has 0 bridgehead atoms. The smallest absolute Gasteiger partial charge is 0.187 e. The molecule has 3 heterocycles. The molecule has 6 N–H and O–H groups in total. The molecule has 2 fully saturated rings. The van der Waals surface area contributed by atoms with Crippen molar-refractivity contribution >= 4 is 11.0 Å². The van der Waals surface area contributed by atoms with Crippen LogP contribution in [0.5, 0.6) is 0 Å². The van der Waals surface area contributed by atoms with Gasteiger partial charge in [0, 0.05) is 10.9 Å². The van der Waals surface area contributed by atoms with Gasteiger partial charge in [-0.05, 0) is 18.6 Å². The Balaban J connectivity index is 1.37. The summed E-state index contributed by atoms with van der Waals surface area (Å²) in [5, 5.41) is 60.8. The van der Waals surface area contributed by atoms with Gasteiger partial charge >= 0.3 is 0 Å². The second kappa shape index (κ2) is 9.69. The molecule has 178 valence electrons. The van der Waals surface area contributed by atoms with Gasteiger partial charge in [0.05, 0.1) is 26.1 Å². The molecular weight excluding hydrogens is 428 g/mol. The highest BCUT2D eigenvalue weighted by Crippen LogP contribution is 2.27. The number of hydrogen-bond donors (Lipinski definition) is 6. The van der Waals surface area contributed by atoms with Gasteiger partial charge in [-0.25, -0.2) is 0 Å². The van der Waals surface area contributed by atoms with Gasteiger partial charge in [0.2, 0.25) is 0 Å². The van der Waals surface area contributed by atoms with E-state index in [1.54, 1.807) is 0 Å². The van der Waals surface area contributed by atoms with E-state index >= 15 is 0 Å². The van der Waals surface area contributed by atoms with Crippen LogP contribution in [0.25, 0.3) is 11.0 Å². The maximum absolute atomic E-state index is 10.3. The van der Waals surface area contributed by atoms with Crippen LogP contribution in [0.3, 0.4) is 0 Å². The molecule has 32 heavy (non-hydrogen) atoms. The molecule has 11 nitrogen and oxygen atoms in total. The largest absolute Gasteiger partial charge is 0.464 e. The lowest BCUT2D eigenvalue weighted by Crippen LogP contribution is -2.60. The normalized spacial score (nSPS) is 38.3. The first-order valence-corrected chi connectivity index (χ1v) is 10.3. The number of aliphatic hydroxyl groups is 6. The van der Waals surface area contributed by atoms with Crippen molar-refractivity contribution < 1.29 is 54.0 Å². The SMILES string of the molecule is Cc1ccc2c(COC3OC(COC4OCC(O)C(O)C4O)C(O)C(O)C3O)coc2c1. The number of aryl methyl sites for hydroxylation is 1. The molecule has 1 aromatic carbocycles. The van der Waals surface area contributed by atoms with Crippen molar-refractivity contribution in [1.29, 1.82) is 0 Å². The third-order valence-electron chi connectivity index (χ3n) is 5.76. The van der Waals surface area contributed by atoms with Crippen LogP contribution in [0.4, 0.5) is 0 Å². The summed E-state index contributed by atoms with van der Waals surface area (Å²) >= 11 is 0. The second-order valence-corrected chi connectivity index (χ2v) is 8.17. The van der Waals surface area contributed by atoms with Gasteiger partial charge in [-0.15, -0.1) is 0 Å². The summed E-state index contributed by atoms with van der Waals surface area (Å²) in [4.78, 5) is 0. The minimum atomic E-state index is -1.57. The lowest BCUT2D eigenvalue weighted by molar-refractivity contribution is -0.322. The van der Waals surface area contributed by atoms with E-state index in [4.69, 9.17) is 23.4 Å². The third kappa shape index (κ3) is 4.68. The van der Waals surface area contributed by atoms with Gasteiger partial charge in [-0.3, -0.25) is 0 Å². The molecule has 2 saturated heterocycles. The summed E-state index contributed by atoms with van der Waals surface area (Å²) in [7, 11) is 0. The highest BCUT2D eigenvalue weighted by Gasteiger charge is 2.45. The van der Waals surface area contributed by atoms with Crippen LogP contribution in [0.15, 0.2) is 28.9 Å². The summed E-state index contributed by atoms with van der Waals surface area (Å²) < 4.78 is 27.3. The predicted octanol–water partition coefficient (Wildman–Crippen LogP) is -1.48. The van der Waals surface area contributed by atoms with Crippen molar-refractivity contribution in [3.05, 3.63) is 35.6 Å². The minimum absolute atomic E-state index is 0.0166. The highest BCUT2D eigenvalue weighted by atomic mass is 16.7. The first-order chi connectivity index (χ1) is 15.3. The zero-order valence-corrected chi connectivity index (χ0v) is 17.4. The van der Waals surface area contributed by atoms with Crippen LogP contribution in [-0.4, -0.2) is 99.2 Å². The number of ether oxygens (including phenoxy) is 4. The van der Waals surface area contributed by atoms with Crippen LogP contribution in [0, 0.1) is 6.92 Å². The summed E-state index contributed by atoms with van der Waals surface area (Å²) in [5.74, 6) is 0. The Hall–Kier alpha value is -1.64. The van der Waals surface area contributed by atoms with Crippen molar-refractivity contribution in [3.8, 4) is 0 Å². The van der Waals surface area contributed by atoms with E-state index in [0.29, 0.717) is 5.58 Å².